The third kappa shape index (κ3) is 2.89. The third-order valence-corrected chi connectivity index (χ3v) is 5.68. The van der Waals surface area contributed by atoms with Crippen molar-refractivity contribution in [1.29, 1.82) is 0 Å². The largest absolute Gasteiger partial charge is 0.361 e. The molecule has 5 heteroatoms. The van der Waals surface area contributed by atoms with Crippen molar-refractivity contribution >= 4 is 17.2 Å². The van der Waals surface area contributed by atoms with Crippen LogP contribution in [0.25, 0.3) is 11.1 Å². The first kappa shape index (κ1) is 16.1. The second-order valence-electron chi connectivity index (χ2n) is 6.47. The number of carbonyl (C=O) groups is 1. The first-order valence-corrected chi connectivity index (χ1v) is 9.41. The van der Waals surface area contributed by atoms with Gasteiger partial charge in [0.05, 0.1) is 11.6 Å². The molecule has 1 aliphatic rings. The second kappa shape index (κ2) is 6.48. The molecule has 128 valence electrons. The lowest BCUT2D eigenvalue weighted by Crippen LogP contribution is -2.30. The molecule has 0 radical (unpaired) electrons. The van der Waals surface area contributed by atoms with Crippen LogP contribution in [0.5, 0.6) is 0 Å². The minimum atomic E-state index is 0.00813. The van der Waals surface area contributed by atoms with E-state index in [1.165, 1.54) is 4.88 Å². The van der Waals surface area contributed by atoms with Crippen LogP contribution in [-0.2, 0) is 0 Å². The van der Waals surface area contributed by atoms with E-state index >= 15 is 0 Å². The summed E-state index contributed by atoms with van der Waals surface area (Å²) in [5.74, 6) is 0.872. The van der Waals surface area contributed by atoms with Gasteiger partial charge in [0.25, 0.3) is 5.91 Å². The van der Waals surface area contributed by atoms with Gasteiger partial charge in [-0.2, -0.15) is 0 Å². The number of amides is 1. The molecule has 1 fully saturated rings. The number of nitrogens with zero attached hydrogens (tertiary/aromatic N) is 2. The summed E-state index contributed by atoms with van der Waals surface area (Å²) in [6.07, 6.45) is 1.92. The van der Waals surface area contributed by atoms with Crippen molar-refractivity contribution < 1.29 is 9.32 Å². The number of benzene rings is 1. The summed E-state index contributed by atoms with van der Waals surface area (Å²) in [6.45, 7) is 4.72. The molecular weight excluding hydrogens is 332 g/mol. The van der Waals surface area contributed by atoms with Crippen LogP contribution in [0, 0.1) is 13.8 Å². The highest BCUT2D eigenvalue weighted by Crippen LogP contribution is 2.37. The summed E-state index contributed by atoms with van der Waals surface area (Å²) in [5, 5.41) is 6.13. The van der Waals surface area contributed by atoms with E-state index in [9.17, 15) is 4.79 Å². The van der Waals surface area contributed by atoms with Gasteiger partial charge in [-0.3, -0.25) is 4.79 Å². The highest BCUT2D eigenvalue weighted by molar-refractivity contribution is 7.10. The zero-order chi connectivity index (χ0) is 17.4. The molecular formula is C20H20N2O2S. The first-order chi connectivity index (χ1) is 12.1. The van der Waals surface area contributed by atoms with E-state index in [-0.39, 0.29) is 11.9 Å². The molecule has 1 saturated heterocycles. The second-order valence-corrected chi connectivity index (χ2v) is 7.55. The van der Waals surface area contributed by atoms with Crippen molar-refractivity contribution in [3.05, 3.63) is 63.7 Å². The van der Waals surface area contributed by atoms with E-state index in [0.717, 1.165) is 47.5 Å². The maximum atomic E-state index is 13.3. The van der Waals surface area contributed by atoms with Crippen molar-refractivity contribution in [2.45, 2.75) is 32.7 Å². The molecule has 4 nitrogen and oxygen atoms in total. The Morgan fingerprint density at radius 3 is 2.80 bits per heavy atom. The molecule has 0 bridgehead atoms. The Labute approximate surface area is 151 Å². The fourth-order valence-electron chi connectivity index (χ4n) is 3.59. The van der Waals surface area contributed by atoms with Crippen LogP contribution in [-0.4, -0.2) is 22.5 Å². The number of hydrogen-bond acceptors (Lipinski definition) is 4. The van der Waals surface area contributed by atoms with Crippen LogP contribution in [0.15, 0.2) is 46.3 Å². The van der Waals surface area contributed by atoms with Gasteiger partial charge in [-0.05, 0) is 32.3 Å². The topological polar surface area (TPSA) is 46.3 Å². The fraction of sp³-hybridized carbons (Fsp3) is 0.300. The molecule has 1 amide bonds. The lowest BCUT2D eigenvalue weighted by atomic mass is 10.0. The van der Waals surface area contributed by atoms with E-state index in [1.54, 1.807) is 11.3 Å². The molecule has 1 aliphatic heterocycles. The molecule has 0 spiro atoms. The van der Waals surface area contributed by atoms with Gasteiger partial charge in [0, 0.05) is 28.4 Å². The Hall–Kier alpha value is -2.40. The third-order valence-electron chi connectivity index (χ3n) is 4.77. The Bertz CT molecular complexity index is 898. The molecule has 3 heterocycles. The minimum absolute atomic E-state index is 0.00813. The lowest BCUT2D eigenvalue weighted by molar-refractivity contribution is 0.0732. The predicted octanol–water partition coefficient (Wildman–Crippen LogP) is 5.00. The lowest BCUT2D eigenvalue weighted by Gasteiger charge is -2.23. The zero-order valence-corrected chi connectivity index (χ0v) is 15.2. The summed E-state index contributed by atoms with van der Waals surface area (Å²) in [4.78, 5) is 16.4. The zero-order valence-electron chi connectivity index (χ0n) is 14.4. The monoisotopic (exact) mass is 352 g/mol. The van der Waals surface area contributed by atoms with Crippen LogP contribution in [0.1, 0.15) is 45.6 Å². The standard InChI is InChI=1S/C20H20N2O2S/c1-13-11-17(21-24-13)18-9-6-10-22(18)20(23)16-12-25-14(2)19(16)15-7-4-3-5-8-15/h3-5,7-8,11-12,18H,6,9-10H2,1-2H3. The predicted molar refractivity (Wildman–Crippen MR) is 98.7 cm³/mol. The van der Waals surface area contributed by atoms with E-state index < -0.39 is 0 Å². The molecule has 25 heavy (non-hydrogen) atoms. The maximum Gasteiger partial charge on any atom is 0.255 e. The molecule has 1 aromatic carbocycles. The number of rotatable bonds is 3. The Balaban J connectivity index is 1.70. The average Bonchev–Trinajstić information content (AvgIpc) is 3.34. The molecule has 2 aromatic heterocycles. The summed E-state index contributed by atoms with van der Waals surface area (Å²) in [5.41, 5.74) is 3.80. The Morgan fingerprint density at radius 2 is 2.08 bits per heavy atom. The number of hydrogen-bond donors (Lipinski definition) is 0. The molecule has 0 aliphatic carbocycles. The smallest absolute Gasteiger partial charge is 0.255 e. The number of aryl methyl sites for hydroxylation is 2. The highest BCUT2D eigenvalue weighted by Gasteiger charge is 2.34. The molecule has 3 aromatic rings. The molecule has 4 rings (SSSR count). The average molecular weight is 352 g/mol. The first-order valence-electron chi connectivity index (χ1n) is 8.53. The van der Waals surface area contributed by atoms with Crippen molar-refractivity contribution in [2.24, 2.45) is 0 Å². The van der Waals surface area contributed by atoms with E-state index in [1.807, 2.05) is 41.5 Å². The molecule has 1 unspecified atom stereocenters. The van der Waals surface area contributed by atoms with Gasteiger partial charge in [0.15, 0.2) is 0 Å². The minimum Gasteiger partial charge on any atom is -0.361 e. The summed E-state index contributed by atoms with van der Waals surface area (Å²) < 4.78 is 5.22. The SMILES string of the molecule is Cc1cc(C2CCCN2C(=O)c2csc(C)c2-c2ccccc2)no1. The van der Waals surface area contributed by atoms with Crippen molar-refractivity contribution in [3.63, 3.8) is 0 Å². The Morgan fingerprint density at radius 1 is 1.28 bits per heavy atom. The molecule has 0 N–H and O–H groups in total. The van der Waals surface area contributed by atoms with Crippen LogP contribution >= 0.6 is 11.3 Å². The molecule has 1 atom stereocenters. The summed E-state index contributed by atoms with van der Waals surface area (Å²) in [6, 6.07) is 12.1. The van der Waals surface area contributed by atoms with Crippen LogP contribution in [0.4, 0.5) is 0 Å². The number of aromatic nitrogens is 1. The van der Waals surface area contributed by atoms with Gasteiger partial charge in [-0.1, -0.05) is 35.5 Å². The number of likely N-dealkylation sites (tertiary alicyclic amines) is 1. The quantitative estimate of drug-likeness (QED) is 0.666. The van der Waals surface area contributed by atoms with Gasteiger partial charge in [0.2, 0.25) is 0 Å². The van der Waals surface area contributed by atoms with Gasteiger partial charge in [-0.25, -0.2) is 0 Å². The van der Waals surface area contributed by atoms with Gasteiger partial charge >= 0.3 is 0 Å². The van der Waals surface area contributed by atoms with Crippen LogP contribution < -0.4 is 0 Å². The van der Waals surface area contributed by atoms with Crippen LogP contribution in [0.3, 0.4) is 0 Å². The van der Waals surface area contributed by atoms with E-state index in [4.69, 9.17) is 4.52 Å². The normalized spacial score (nSPS) is 17.2. The number of carbonyl (C=O) groups excluding carboxylic acids is 1. The Kier molecular flexibility index (Phi) is 4.17. The van der Waals surface area contributed by atoms with Crippen molar-refractivity contribution in [2.75, 3.05) is 6.54 Å². The highest BCUT2D eigenvalue weighted by atomic mass is 32.1. The number of thiophene rings is 1. The van der Waals surface area contributed by atoms with Crippen LogP contribution in [0.2, 0.25) is 0 Å². The van der Waals surface area contributed by atoms with Crippen molar-refractivity contribution in [3.8, 4) is 11.1 Å². The fourth-order valence-corrected chi connectivity index (χ4v) is 4.45. The van der Waals surface area contributed by atoms with E-state index in [2.05, 4.69) is 24.2 Å². The maximum absolute atomic E-state index is 13.3. The summed E-state index contributed by atoms with van der Waals surface area (Å²) in [7, 11) is 0. The van der Waals surface area contributed by atoms with Gasteiger partial charge in [-0.15, -0.1) is 11.3 Å². The van der Waals surface area contributed by atoms with Gasteiger partial charge in [0.1, 0.15) is 11.5 Å². The van der Waals surface area contributed by atoms with Gasteiger partial charge < -0.3 is 9.42 Å². The summed E-state index contributed by atoms with van der Waals surface area (Å²) >= 11 is 1.63. The van der Waals surface area contributed by atoms with Crippen molar-refractivity contribution in [1.82, 2.24) is 10.1 Å². The molecule has 0 saturated carbocycles. The van der Waals surface area contributed by atoms with E-state index in [0.29, 0.717) is 0 Å².